The molecule has 0 aliphatic rings. The maximum absolute atomic E-state index is 5.84. The molecule has 4 nitrogen and oxygen atoms in total. The highest BCUT2D eigenvalue weighted by atomic mass is 32.2. The van der Waals surface area contributed by atoms with Gasteiger partial charge in [0.2, 0.25) is 0 Å². The third kappa shape index (κ3) is 3.87. The number of nitrogens with zero attached hydrogens (tertiary/aromatic N) is 2. The Morgan fingerprint density at radius 2 is 1.85 bits per heavy atom. The fourth-order valence-electron chi connectivity index (χ4n) is 1.91. The van der Waals surface area contributed by atoms with Gasteiger partial charge in [-0.05, 0) is 45.0 Å². The molecule has 20 heavy (non-hydrogen) atoms. The average molecular weight is 289 g/mol. The van der Waals surface area contributed by atoms with Gasteiger partial charge in [-0.25, -0.2) is 9.97 Å². The summed E-state index contributed by atoms with van der Waals surface area (Å²) >= 11 is 1.59. The van der Waals surface area contributed by atoms with Crippen LogP contribution in [-0.2, 0) is 5.75 Å². The molecule has 0 aliphatic carbocycles. The molecular formula is C15H19N3OS. The minimum Gasteiger partial charge on any atom is -0.494 e. The zero-order chi connectivity index (χ0) is 14.5. The standard InChI is InChI=1S/C15H19N3OS/c1-4-19-14-6-5-13(16)8-12(14)9-20-15-17-10(2)7-11(3)18-15/h5-8H,4,9,16H2,1-3H3. The molecule has 1 aromatic heterocycles. The van der Waals surface area contributed by atoms with E-state index in [4.69, 9.17) is 10.5 Å². The zero-order valence-corrected chi connectivity index (χ0v) is 12.8. The molecule has 0 amide bonds. The highest BCUT2D eigenvalue weighted by molar-refractivity contribution is 7.98. The van der Waals surface area contributed by atoms with Crippen LogP contribution in [0.15, 0.2) is 29.4 Å². The number of thioether (sulfide) groups is 1. The molecule has 0 spiro atoms. The van der Waals surface area contributed by atoms with Crippen molar-refractivity contribution < 1.29 is 4.74 Å². The Morgan fingerprint density at radius 3 is 2.50 bits per heavy atom. The molecule has 0 aliphatic heterocycles. The first kappa shape index (κ1) is 14.7. The average Bonchev–Trinajstić information content (AvgIpc) is 2.38. The van der Waals surface area contributed by atoms with Crippen LogP contribution < -0.4 is 10.5 Å². The predicted octanol–water partition coefficient (Wildman–Crippen LogP) is 3.37. The van der Waals surface area contributed by atoms with E-state index in [-0.39, 0.29) is 0 Å². The maximum atomic E-state index is 5.84. The van der Waals surface area contributed by atoms with Crippen LogP contribution in [0.1, 0.15) is 23.9 Å². The van der Waals surface area contributed by atoms with Gasteiger partial charge in [-0.2, -0.15) is 0 Å². The summed E-state index contributed by atoms with van der Waals surface area (Å²) in [5, 5.41) is 0.785. The summed E-state index contributed by atoms with van der Waals surface area (Å²) in [5.41, 5.74) is 9.62. The number of ether oxygens (including phenoxy) is 1. The predicted molar refractivity (Wildman–Crippen MR) is 83.1 cm³/mol. The third-order valence-corrected chi connectivity index (χ3v) is 3.60. The fourth-order valence-corrected chi connectivity index (χ4v) is 2.84. The number of benzene rings is 1. The molecule has 0 unspecified atom stereocenters. The maximum Gasteiger partial charge on any atom is 0.188 e. The summed E-state index contributed by atoms with van der Waals surface area (Å²) in [5.74, 6) is 1.61. The first-order chi connectivity index (χ1) is 9.58. The number of nitrogens with two attached hydrogens (primary N) is 1. The third-order valence-electron chi connectivity index (χ3n) is 2.70. The topological polar surface area (TPSA) is 61.0 Å². The lowest BCUT2D eigenvalue weighted by atomic mass is 10.2. The number of rotatable bonds is 5. The molecule has 0 radical (unpaired) electrons. The molecule has 2 N–H and O–H groups in total. The van der Waals surface area contributed by atoms with Crippen molar-refractivity contribution in [1.82, 2.24) is 9.97 Å². The van der Waals surface area contributed by atoms with Crippen LogP contribution in [0.3, 0.4) is 0 Å². The molecular weight excluding hydrogens is 270 g/mol. The monoisotopic (exact) mass is 289 g/mol. The molecule has 1 heterocycles. The second-order valence-electron chi connectivity index (χ2n) is 4.52. The number of aryl methyl sites for hydroxylation is 2. The van der Waals surface area contributed by atoms with E-state index in [1.807, 2.05) is 45.0 Å². The van der Waals surface area contributed by atoms with Gasteiger partial charge in [0.25, 0.3) is 0 Å². The molecule has 0 fully saturated rings. The van der Waals surface area contributed by atoms with Crippen molar-refractivity contribution in [3.05, 3.63) is 41.2 Å². The highest BCUT2D eigenvalue weighted by Crippen LogP contribution is 2.28. The Hall–Kier alpha value is -1.75. The molecule has 0 saturated heterocycles. The van der Waals surface area contributed by atoms with Crippen LogP contribution in [0.5, 0.6) is 5.75 Å². The van der Waals surface area contributed by atoms with E-state index in [0.717, 1.165) is 39.3 Å². The summed E-state index contributed by atoms with van der Waals surface area (Å²) in [6, 6.07) is 7.68. The van der Waals surface area contributed by atoms with Gasteiger partial charge in [-0.15, -0.1) is 0 Å². The van der Waals surface area contributed by atoms with E-state index in [2.05, 4.69) is 9.97 Å². The van der Waals surface area contributed by atoms with Crippen molar-refractivity contribution in [2.24, 2.45) is 0 Å². The summed E-state index contributed by atoms with van der Waals surface area (Å²) < 4.78 is 5.62. The highest BCUT2D eigenvalue weighted by Gasteiger charge is 2.07. The van der Waals surface area contributed by atoms with Gasteiger partial charge in [0, 0.05) is 28.4 Å². The van der Waals surface area contributed by atoms with Crippen LogP contribution in [0.4, 0.5) is 5.69 Å². The van der Waals surface area contributed by atoms with Crippen molar-refractivity contribution >= 4 is 17.4 Å². The van der Waals surface area contributed by atoms with Crippen molar-refractivity contribution in [3.63, 3.8) is 0 Å². The van der Waals surface area contributed by atoms with Crippen molar-refractivity contribution in [2.45, 2.75) is 31.7 Å². The number of nitrogen functional groups attached to an aromatic ring is 1. The van der Waals surface area contributed by atoms with E-state index in [0.29, 0.717) is 6.61 Å². The second-order valence-corrected chi connectivity index (χ2v) is 5.46. The summed E-state index contributed by atoms with van der Waals surface area (Å²) in [6.45, 7) is 6.57. The molecule has 2 aromatic rings. The van der Waals surface area contributed by atoms with Gasteiger partial charge >= 0.3 is 0 Å². The van der Waals surface area contributed by atoms with Crippen LogP contribution in [0.2, 0.25) is 0 Å². The summed E-state index contributed by atoms with van der Waals surface area (Å²) in [7, 11) is 0. The fraction of sp³-hybridized carbons (Fsp3) is 0.333. The Labute approximate surface area is 123 Å². The lowest BCUT2D eigenvalue weighted by Crippen LogP contribution is -1.98. The van der Waals surface area contributed by atoms with Crippen LogP contribution >= 0.6 is 11.8 Å². The minimum absolute atomic E-state index is 0.641. The Morgan fingerprint density at radius 1 is 1.15 bits per heavy atom. The van der Waals surface area contributed by atoms with Crippen molar-refractivity contribution in [3.8, 4) is 5.75 Å². The van der Waals surface area contributed by atoms with Gasteiger partial charge in [0.15, 0.2) is 5.16 Å². The van der Waals surface area contributed by atoms with Crippen molar-refractivity contribution in [2.75, 3.05) is 12.3 Å². The molecule has 0 atom stereocenters. The smallest absolute Gasteiger partial charge is 0.188 e. The molecule has 2 rings (SSSR count). The van der Waals surface area contributed by atoms with Crippen LogP contribution in [-0.4, -0.2) is 16.6 Å². The van der Waals surface area contributed by atoms with E-state index in [9.17, 15) is 0 Å². The van der Waals surface area contributed by atoms with E-state index < -0.39 is 0 Å². The largest absolute Gasteiger partial charge is 0.494 e. The second kappa shape index (κ2) is 6.61. The number of hydrogen-bond donors (Lipinski definition) is 1. The van der Waals surface area contributed by atoms with Gasteiger partial charge in [-0.3, -0.25) is 0 Å². The van der Waals surface area contributed by atoms with Gasteiger partial charge in [0.1, 0.15) is 5.75 Å². The quantitative estimate of drug-likeness (QED) is 0.519. The number of hydrogen-bond acceptors (Lipinski definition) is 5. The SMILES string of the molecule is CCOc1ccc(N)cc1CSc1nc(C)cc(C)n1. The Bertz CT molecular complexity index is 581. The summed E-state index contributed by atoms with van der Waals surface area (Å²) in [6.07, 6.45) is 0. The number of aromatic nitrogens is 2. The van der Waals surface area contributed by atoms with E-state index >= 15 is 0 Å². The zero-order valence-electron chi connectivity index (χ0n) is 12.0. The molecule has 5 heteroatoms. The normalized spacial score (nSPS) is 10.6. The Balaban J connectivity index is 2.15. The Kier molecular flexibility index (Phi) is 4.84. The number of anilines is 1. The first-order valence-electron chi connectivity index (χ1n) is 6.54. The van der Waals surface area contributed by atoms with Gasteiger partial charge in [0.05, 0.1) is 6.61 Å². The summed E-state index contributed by atoms with van der Waals surface area (Å²) in [4.78, 5) is 8.85. The van der Waals surface area contributed by atoms with Gasteiger partial charge < -0.3 is 10.5 Å². The van der Waals surface area contributed by atoms with E-state index in [1.165, 1.54) is 0 Å². The first-order valence-corrected chi connectivity index (χ1v) is 7.53. The van der Waals surface area contributed by atoms with Crippen molar-refractivity contribution in [1.29, 1.82) is 0 Å². The van der Waals surface area contributed by atoms with E-state index in [1.54, 1.807) is 11.8 Å². The van der Waals surface area contributed by atoms with Crippen LogP contribution in [0.25, 0.3) is 0 Å². The molecule has 0 bridgehead atoms. The van der Waals surface area contributed by atoms with Gasteiger partial charge in [-0.1, -0.05) is 11.8 Å². The molecule has 106 valence electrons. The molecule has 1 aromatic carbocycles. The minimum atomic E-state index is 0.641. The molecule has 0 saturated carbocycles. The lowest BCUT2D eigenvalue weighted by molar-refractivity contribution is 0.337. The van der Waals surface area contributed by atoms with Crippen LogP contribution in [0, 0.1) is 13.8 Å². The lowest BCUT2D eigenvalue weighted by Gasteiger charge is -2.10.